The number of aryl methyl sites for hydroxylation is 1. The SMILES string of the molecule is CCn1cc(S(=O)(=O)N2C[C@H](CNC(C)=O)Oc3ccc(NC(=O)OC(C)(C)C)cc32)c(OC(F)F)n1. The summed E-state index contributed by atoms with van der Waals surface area (Å²) in [5.74, 6) is -0.983. The van der Waals surface area contributed by atoms with Gasteiger partial charge in [-0.3, -0.25) is 19.1 Å². The fourth-order valence-corrected chi connectivity index (χ4v) is 4.98. The summed E-state index contributed by atoms with van der Waals surface area (Å²) in [4.78, 5) is 23.1. The van der Waals surface area contributed by atoms with Crippen LogP contribution < -0.4 is 24.4 Å². The molecule has 2 heterocycles. The van der Waals surface area contributed by atoms with Gasteiger partial charge in [0.15, 0.2) is 4.90 Å². The van der Waals surface area contributed by atoms with Crippen LogP contribution >= 0.6 is 0 Å². The second-order valence-corrected chi connectivity index (χ2v) is 10.9. The molecule has 0 aliphatic carbocycles. The normalized spacial score (nSPS) is 15.6. The van der Waals surface area contributed by atoms with E-state index in [0.717, 1.165) is 15.2 Å². The number of fused-ring (bicyclic) bond motifs is 1. The number of alkyl halides is 2. The number of aromatic nitrogens is 2. The minimum atomic E-state index is -4.53. The zero-order chi connectivity index (χ0) is 27.5. The molecule has 204 valence electrons. The second kappa shape index (κ2) is 10.8. The standard InChI is InChI=1S/C22H29F2N5O7S/c1-6-28-12-18(19(27-28)35-20(23)24)37(32,33)29-11-15(10-25-13(2)30)34-17-8-7-14(9-16(17)29)26-21(31)36-22(3,4)5/h7-9,12,15,20H,6,10-11H2,1-5H3,(H,25,30)(H,26,31)/t15-/m0/s1. The van der Waals surface area contributed by atoms with Gasteiger partial charge in [-0.1, -0.05) is 0 Å². The maximum Gasteiger partial charge on any atom is 0.412 e. The largest absolute Gasteiger partial charge is 0.484 e. The molecule has 0 spiro atoms. The fraction of sp³-hybridized carbons (Fsp3) is 0.500. The molecule has 3 rings (SSSR count). The number of hydrogen-bond donors (Lipinski definition) is 2. The van der Waals surface area contributed by atoms with Crippen molar-refractivity contribution in [1.29, 1.82) is 0 Å². The first-order valence-electron chi connectivity index (χ1n) is 11.3. The molecular weight excluding hydrogens is 516 g/mol. The van der Waals surface area contributed by atoms with Crippen molar-refractivity contribution in [3.63, 3.8) is 0 Å². The highest BCUT2D eigenvalue weighted by atomic mass is 32.2. The molecule has 0 radical (unpaired) electrons. The van der Waals surface area contributed by atoms with E-state index in [0.29, 0.717) is 0 Å². The number of sulfonamides is 1. The summed E-state index contributed by atoms with van der Waals surface area (Å²) < 4.78 is 71.2. The van der Waals surface area contributed by atoms with E-state index >= 15 is 0 Å². The van der Waals surface area contributed by atoms with E-state index in [1.165, 1.54) is 25.1 Å². The van der Waals surface area contributed by atoms with Gasteiger partial charge in [-0.25, -0.2) is 13.2 Å². The van der Waals surface area contributed by atoms with Gasteiger partial charge in [-0.2, -0.15) is 8.78 Å². The maximum atomic E-state index is 13.8. The summed E-state index contributed by atoms with van der Waals surface area (Å²) in [6.07, 6.45) is -0.483. The number of carbonyl (C=O) groups is 2. The zero-order valence-electron chi connectivity index (χ0n) is 20.9. The molecule has 0 unspecified atom stereocenters. The molecule has 1 atom stereocenters. The highest BCUT2D eigenvalue weighted by Crippen LogP contribution is 2.40. The molecule has 0 saturated carbocycles. The van der Waals surface area contributed by atoms with Crippen LogP contribution in [-0.2, 0) is 26.1 Å². The Kier molecular flexibility index (Phi) is 8.15. The Balaban J connectivity index is 2.05. The predicted octanol–water partition coefficient (Wildman–Crippen LogP) is 2.94. The van der Waals surface area contributed by atoms with E-state index in [2.05, 4.69) is 20.5 Å². The lowest BCUT2D eigenvalue weighted by Gasteiger charge is -2.35. The fourth-order valence-electron chi connectivity index (χ4n) is 3.41. The number of nitrogens with zero attached hydrogens (tertiary/aromatic N) is 3. The van der Waals surface area contributed by atoms with E-state index in [9.17, 15) is 26.8 Å². The first kappa shape index (κ1) is 28.0. The lowest BCUT2D eigenvalue weighted by atomic mass is 10.2. The number of halogens is 2. The molecule has 2 amide bonds. The summed E-state index contributed by atoms with van der Waals surface area (Å²) in [5, 5.41) is 8.90. The summed E-state index contributed by atoms with van der Waals surface area (Å²) in [6, 6.07) is 4.27. The maximum absolute atomic E-state index is 13.8. The van der Waals surface area contributed by atoms with Gasteiger partial charge in [0.2, 0.25) is 5.91 Å². The molecule has 1 aliphatic rings. The minimum absolute atomic E-state index is 0.0205. The van der Waals surface area contributed by atoms with Crippen molar-refractivity contribution in [2.24, 2.45) is 0 Å². The molecule has 0 saturated heterocycles. The molecular formula is C22H29F2N5O7S. The third kappa shape index (κ3) is 6.99. The van der Waals surface area contributed by atoms with Crippen molar-refractivity contribution >= 4 is 33.4 Å². The van der Waals surface area contributed by atoms with Crippen molar-refractivity contribution in [2.75, 3.05) is 22.7 Å². The quantitative estimate of drug-likeness (QED) is 0.516. The Labute approximate surface area is 212 Å². The Bertz CT molecular complexity index is 1260. The molecule has 2 N–H and O–H groups in total. The predicted molar refractivity (Wildman–Crippen MR) is 128 cm³/mol. The van der Waals surface area contributed by atoms with E-state index < -0.39 is 45.2 Å². The number of carbonyl (C=O) groups excluding carboxylic acids is 2. The van der Waals surface area contributed by atoms with Crippen LogP contribution in [0.4, 0.5) is 25.0 Å². The van der Waals surface area contributed by atoms with Crippen LogP contribution in [0.1, 0.15) is 34.6 Å². The number of rotatable bonds is 8. The monoisotopic (exact) mass is 545 g/mol. The van der Waals surface area contributed by atoms with Crippen molar-refractivity contribution in [3.8, 4) is 11.6 Å². The van der Waals surface area contributed by atoms with Crippen LogP contribution in [0.25, 0.3) is 0 Å². The number of hydrogen-bond acceptors (Lipinski definition) is 8. The molecule has 0 bridgehead atoms. The molecule has 0 fully saturated rings. The smallest absolute Gasteiger partial charge is 0.412 e. The number of amides is 2. The summed E-state index contributed by atoms with van der Waals surface area (Å²) >= 11 is 0. The first-order valence-corrected chi connectivity index (χ1v) is 12.7. The topological polar surface area (TPSA) is 141 Å². The van der Waals surface area contributed by atoms with Gasteiger partial charge in [0, 0.05) is 25.4 Å². The third-order valence-corrected chi connectivity index (χ3v) is 6.67. The van der Waals surface area contributed by atoms with Crippen molar-refractivity contribution < 1.29 is 41.0 Å². The number of anilines is 2. The van der Waals surface area contributed by atoms with Crippen molar-refractivity contribution in [3.05, 3.63) is 24.4 Å². The lowest BCUT2D eigenvalue weighted by Crippen LogP contribution is -2.48. The van der Waals surface area contributed by atoms with Crippen LogP contribution in [0, 0.1) is 0 Å². The van der Waals surface area contributed by atoms with Gasteiger partial charge in [-0.15, -0.1) is 5.10 Å². The summed E-state index contributed by atoms with van der Waals surface area (Å²) in [7, 11) is -4.53. The van der Waals surface area contributed by atoms with Crippen molar-refractivity contribution in [1.82, 2.24) is 15.1 Å². The second-order valence-electron chi connectivity index (χ2n) is 9.06. The summed E-state index contributed by atoms with van der Waals surface area (Å²) in [6.45, 7) is 4.60. The molecule has 12 nitrogen and oxygen atoms in total. The molecule has 1 aliphatic heterocycles. The van der Waals surface area contributed by atoms with E-state index in [1.54, 1.807) is 27.7 Å². The van der Waals surface area contributed by atoms with Crippen LogP contribution in [0.2, 0.25) is 0 Å². The zero-order valence-corrected chi connectivity index (χ0v) is 21.8. The number of nitrogens with one attached hydrogen (secondary N) is 2. The van der Waals surface area contributed by atoms with Gasteiger partial charge in [0.25, 0.3) is 15.9 Å². The molecule has 15 heteroatoms. The highest BCUT2D eigenvalue weighted by Gasteiger charge is 2.38. The Morgan fingerprint density at radius 2 is 2.00 bits per heavy atom. The van der Waals surface area contributed by atoms with Gasteiger partial charge in [0.1, 0.15) is 17.5 Å². The van der Waals surface area contributed by atoms with E-state index in [-0.39, 0.29) is 42.7 Å². The Hall–Kier alpha value is -3.62. The number of ether oxygens (including phenoxy) is 3. The minimum Gasteiger partial charge on any atom is -0.484 e. The Morgan fingerprint density at radius 1 is 1.30 bits per heavy atom. The molecule has 2 aromatic rings. The number of benzene rings is 1. The van der Waals surface area contributed by atoms with E-state index in [1.807, 2.05) is 0 Å². The third-order valence-electron chi connectivity index (χ3n) is 4.90. The van der Waals surface area contributed by atoms with Gasteiger partial charge >= 0.3 is 12.7 Å². The average Bonchev–Trinajstić information content (AvgIpc) is 3.18. The van der Waals surface area contributed by atoms with Crippen LogP contribution in [0.3, 0.4) is 0 Å². The highest BCUT2D eigenvalue weighted by molar-refractivity contribution is 7.93. The Morgan fingerprint density at radius 3 is 2.59 bits per heavy atom. The first-order chi connectivity index (χ1) is 17.2. The van der Waals surface area contributed by atoms with Gasteiger partial charge in [-0.05, 0) is 45.9 Å². The average molecular weight is 546 g/mol. The van der Waals surface area contributed by atoms with Gasteiger partial charge < -0.3 is 19.5 Å². The summed E-state index contributed by atoms with van der Waals surface area (Å²) in [5.41, 5.74) is -0.542. The van der Waals surface area contributed by atoms with Crippen LogP contribution in [-0.4, -0.2) is 61.6 Å². The molecule has 1 aromatic carbocycles. The molecule has 1 aromatic heterocycles. The lowest BCUT2D eigenvalue weighted by molar-refractivity contribution is -0.119. The van der Waals surface area contributed by atoms with Crippen LogP contribution in [0.5, 0.6) is 11.6 Å². The van der Waals surface area contributed by atoms with E-state index in [4.69, 9.17) is 9.47 Å². The van der Waals surface area contributed by atoms with Crippen LogP contribution in [0.15, 0.2) is 29.3 Å². The van der Waals surface area contributed by atoms with Crippen molar-refractivity contribution in [2.45, 2.75) is 64.4 Å². The van der Waals surface area contributed by atoms with Gasteiger partial charge in [0.05, 0.1) is 18.8 Å². The molecule has 37 heavy (non-hydrogen) atoms.